The first-order valence-electron chi connectivity index (χ1n) is 9.76. The van der Waals surface area contributed by atoms with Gasteiger partial charge in [0.1, 0.15) is 0 Å². The number of rotatable bonds is 9. The van der Waals surface area contributed by atoms with E-state index < -0.39 is 0 Å². The van der Waals surface area contributed by atoms with E-state index in [1.165, 1.54) is 49.7 Å². The summed E-state index contributed by atoms with van der Waals surface area (Å²) in [6.07, 6.45) is 18.0. The van der Waals surface area contributed by atoms with Gasteiger partial charge in [0.15, 0.2) is 0 Å². The highest BCUT2D eigenvalue weighted by atomic mass is 16.5. The fraction of sp³-hybridized carbons (Fsp3) is 0.565. The maximum Gasteiger partial charge on any atom is 0.0721 e. The van der Waals surface area contributed by atoms with Crippen molar-refractivity contribution >= 4 is 0 Å². The van der Waals surface area contributed by atoms with E-state index >= 15 is 0 Å². The number of ether oxygens (including phenoxy) is 1. The molecule has 0 bridgehead atoms. The average molecular weight is 327 g/mol. The molecule has 132 valence electrons. The molecule has 1 aliphatic carbocycles. The molecule has 1 saturated carbocycles. The van der Waals surface area contributed by atoms with Crippen LogP contribution in [0.2, 0.25) is 0 Å². The van der Waals surface area contributed by atoms with Crippen molar-refractivity contribution in [3.05, 3.63) is 59.7 Å². The molecule has 1 aromatic rings. The van der Waals surface area contributed by atoms with Crippen LogP contribution in [0.4, 0.5) is 0 Å². The molecule has 2 rings (SSSR count). The largest absolute Gasteiger partial charge is 0.373 e. The Morgan fingerprint density at radius 1 is 1.00 bits per heavy atom. The Kier molecular flexibility index (Phi) is 8.91. The normalized spacial score (nSPS) is 21.8. The summed E-state index contributed by atoms with van der Waals surface area (Å²) in [5.74, 6) is 1.71. The summed E-state index contributed by atoms with van der Waals surface area (Å²) in [6, 6.07) is 9.14. The van der Waals surface area contributed by atoms with Gasteiger partial charge in [-0.05, 0) is 74.8 Å². The molecule has 0 N–H and O–H groups in total. The molecular weight excluding hydrogens is 292 g/mol. The van der Waals surface area contributed by atoms with E-state index in [9.17, 15) is 0 Å². The maximum absolute atomic E-state index is 5.68. The summed E-state index contributed by atoms with van der Waals surface area (Å²) >= 11 is 0. The van der Waals surface area contributed by atoms with Gasteiger partial charge in [0.25, 0.3) is 0 Å². The monoisotopic (exact) mass is 326 g/mol. The fourth-order valence-electron chi connectivity index (χ4n) is 3.65. The Morgan fingerprint density at radius 2 is 1.75 bits per heavy atom. The van der Waals surface area contributed by atoms with Gasteiger partial charge in [0.2, 0.25) is 0 Å². The van der Waals surface area contributed by atoms with Crippen LogP contribution >= 0.6 is 0 Å². The zero-order valence-corrected chi connectivity index (χ0v) is 15.5. The predicted molar refractivity (Wildman–Crippen MR) is 104 cm³/mol. The standard InChI is InChI=1S/C23H34O/c1-3-5-7-9-20-10-14-22(15-11-20)23-16-12-21(13-17-23)19-24-18-8-6-4-2/h3,5-6,8,12-13,16-17,20,22H,4,7,9-11,14-15,18-19H2,1-2H3. The highest BCUT2D eigenvalue weighted by Gasteiger charge is 2.21. The molecule has 24 heavy (non-hydrogen) atoms. The first-order valence-corrected chi connectivity index (χ1v) is 9.76. The second-order valence-corrected chi connectivity index (χ2v) is 7.00. The molecule has 1 aliphatic rings. The lowest BCUT2D eigenvalue weighted by Gasteiger charge is -2.28. The van der Waals surface area contributed by atoms with Crippen LogP contribution in [0.1, 0.15) is 75.8 Å². The van der Waals surface area contributed by atoms with Gasteiger partial charge in [0, 0.05) is 0 Å². The first-order chi connectivity index (χ1) is 11.8. The SMILES string of the molecule is CC=CCCC1CCC(c2ccc(COCC=CCC)cc2)CC1. The Labute approximate surface area is 148 Å². The van der Waals surface area contributed by atoms with E-state index in [4.69, 9.17) is 4.74 Å². The minimum atomic E-state index is 0.714. The van der Waals surface area contributed by atoms with E-state index in [1.54, 1.807) is 0 Å². The molecule has 0 atom stereocenters. The number of allylic oxidation sites excluding steroid dienone is 3. The second-order valence-electron chi connectivity index (χ2n) is 7.00. The third kappa shape index (κ3) is 6.65. The molecule has 0 unspecified atom stereocenters. The van der Waals surface area contributed by atoms with Crippen molar-refractivity contribution in [2.75, 3.05) is 6.61 Å². The molecule has 0 heterocycles. The van der Waals surface area contributed by atoms with Crippen LogP contribution in [0.15, 0.2) is 48.6 Å². The van der Waals surface area contributed by atoms with Crippen LogP contribution in [0, 0.1) is 5.92 Å². The number of benzene rings is 1. The zero-order valence-electron chi connectivity index (χ0n) is 15.5. The molecule has 1 aromatic carbocycles. The van der Waals surface area contributed by atoms with Crippen LogP contribution < -0.4 is 0 Å². The van der Waals surface area contributed by atoms with Crippen LogP contribution in [0.25, 0.3) is 0 Å². The van der Waals surface area contributed by atoms with Gasteiger partial charge >= 0.3 is 0 Å². The van der Waals surface area contributed by atoms with E-state index in [1.807, 2.05) is 0 Å². The van der Waals surface area contributed by atoms with Gasteiger partial charge in [-0.25, -0.2) is 0 Å². The Hall–Kier alpha value is -1.34. The molecule has 1 heteroatoms. The zero-order chi connectivity index (χ0) is 17.0. The molecule has 0 aromatic heterocycles. The Morgan fingerprint density at radius 3 is 2.42 bits per heavy atom. The summed E-state index contributed by atoms with van der Waals surface area (Å²) in [5.41, 5.74) is 2.81. The molecule has 0 amide bonds. The minimum absolute atomic E-state index is 0.714. The van der Waals surface area contributed by atoms with Crippen molar-refractivity contribution in [1.82, 2.24) is 0 Å². The first kappa shape index (κ1) is 19.0. The van der Waals surface area contributed by atoms with Gasteiger partial charge in [-0.2, -0.15) is 0 Å². The van der Waals surface area contributed by atoms with Crippen LogP contribution in [-0.4, -0.2) is 6.61 Å². The van der Waals surface area contributed by atoms with Gasteiger partial charge in [-0.15, -0.1) is 0 Å². The Balaban J connectivity index is 1.72. The third-order valence-corrected chi connectivity index (χ3v) is 5.16. The van der Waals surface area contributed by atoms with Gasteiger partial charge in [-0.1, -0.05) is 55.5 Å². The molecule has 0 saturated heterocycles. The molecule has 0 spiro atoms. The number of hydrogen-bond donors (Lipinski definition) is 0. The Bertz CT molecular complexity index is 489. The maximum atomic E-state index is 5.68. The third-order valence-electron chi connectivity index (χ3n) is 5.16. The topological polar surface area (TPSA) is 9.23 Å². The highest BCUT2D eigenvalue weighted by molar-refractivity contribution is 5.25. The van der Waals surface area contributed by atoms with Crippen molar-refractivity contribution in [3.63, 3.8) is 0 Å². The lowest BCUT2D eigenvalue weighted by atomic mass is 9.77. The minimum Gasteiger partial charge on any atom is -0.373 e. The van der Waals surface area contributed by atoms with Crippen LogP contribution in [-0.2, 0) is 11.3 Å². The second kappa shape index (κ2) is 11.3. The van der Waals surface area contributed by atoms with Crippen molar-refractivity contribution in [2.24, 2.45) is 5.92 Å². The summed E-state index contributed by atoms with van der Waals surface area (Å²) in [4.78, 5) is 0. The average Bonchev–Trinajstić information content (AvgIpc) is 2.63. The predicted octanol–water partition coefficient (Wildman–Crippen LogP) is 6.80. The fourth-order valence-corrected chi connectivity index (χ4v) is 3.65. The number of hydrogen-bond acceptors (Lipinski definition) is 1. The van der Waals surface area contributed by atoms with Crippen molar-refractivity contribution in [2.45, 2.75) is 71.3 Å². The van der Waals surface area contributed by atoms with Crippen molar-refractivity contribution in [3.8, 4) is 0 Å². The molecule has 1 fully saturated rings. The quantitative estimate of drug-likeness (QED) is 0.358. The summed E-state index contributed by atoms with van der Waals surface area (Å²) < 4.78 is 5.68. The van der Waals surface area contributed by atoms with Crippen LogP contribution in [0.5, 0.6) is 0 Å². The molecule has 0 aliphatic heterocycles. The molecule has 0 radical (unpaired) electrons. The smallest absolute Gasteiger partial charge is 0.0721 e. The van der Waals surface area contributed by atoms with Gasteiger partial charge < -0.3 is 4.74 Å². The van der Waals surface area contributed by atoms with Crippen LogP contribution in [0.3, 0.4) is 0 Å². The van der Waals surface area contributed by atoms with Gasteiger partial charge in [0.05, 0.1) is 13.2 Å². The highest BCUT2D eigenvalue weighted by Crippen LogP contribution is 2.37. The van der Waals surface area contributed by atoms with Crippen molar-refractivity contribution < 1.29 is 4.74 Å². The van der Waals surface area contributed by atoms with E-state index in [2.05, 4.69) is 62.4 Å². The summed E-state index contributed by atoms with van der Waals surface area (Å²) in [5, 5.41) is 0. The lowest BCUT2D eigenvalue weighted by Crippen LogP contribution is -2.13. The van der Waals surface area contributed by atoms with Crippen molar-refractivity contribution in [1.29, 1.82) is 0 Å². The summed E-state index contributed by atoms with van der Waals surface area (Å²) in [6.45, 7) is 5.69. The van der Waals surface area contributed by atoms with E-state index in [-0.39, 0.29) is 0 Å². The van der Waals surface area contributed by atoms with E-state index in [0.29, 0.717) is 13.2 Å². The van der Waals surface area contributed by atoms with Gasteiger partial charge in [-0.3, -0.25) is 0 Å². The molecular formula is C23H34O. The molecule has 1 nitrogen and oxygen atoms in total. The summed E-state index contributed by atoms with van der Waals surface area (Å²) in [7, 11) is 0. The van der Waals surface area contributed by atoms with E-state index in [0.717, 1.165) is 18.3 Å². The lowest BCUT2D eigenvalue weighted by molar-refractivity contribution is 0.148.